The topological polar surface area (TPSA) is 76.1 Å². The highest BCUT2D eigenvalue weighted by Crippen LogP contribution is 2.30. The lowest BCUT2D eigenvalue weighted by molar-refractivity contribution is 0.0696. The molecule has 0 aromatic heterocycles. The minimum Gasteiger partial charge on any atom is -0.478 e. The van der Waals surface area contributed by atoms with Gasteiger partial charge >= 0.3 is 12.1 Å². The van der Waals surface area contributed by atoms with Gasteiger partial charge in [0.15, 0.2) is 0 Å². The van der Waals surface area contributed by atoms with E-state index in [1.807, 2.05) is 30.3 Å². The SMILES string of the molecule is COC1Cc2cc(C(=O)O)ccc2N(C(=O)OCc2ccccc2)C1. The molecule has 0 radical (unpaired) electrons. The van der Waals surface area contributed by atoms with E-state index in [1.54, 1.807) is 19.2 Å². The summed E-state index contributed by atoms with van der Waals surface area (Å²) in [6, 6.07) is 14.2. The van der Waals surface area contributed by atoms with Gasteiger partial charge in [-0.05, 0) is 29.3 Å². The maximum absolute atomic E-state index is 12.5. The van der Waals surface area contributed by atoms with Crippen molar-refractivity contribution in [1.29, 1.82) is 0 Å². The number of hydrogen-bond donors (Lipinski definition) is 1. The molecule has 0 fully saturated rings. The first kappa shape index (κ1) is 17.0. The molecule has 1 N–H and O–H groups in total. The number of carbonyl (C=O) groups excluding carboxylic acids is 1. The van der Waals surface area contributed by atoms with Gasteiger partial charge in [-0.15, -0.1) is 0 Å². The highest BCUT2D eigenvalue weighted by atomic mass is 16.6. The van der Waals surface area contributed by atoms with Gasteiger partial charge in [0.05, 0.1) is 23.9 Å². The fourth-order valence-electron chi connectivity index (χ4n) is 2.89. The van der Waals surface area contributed by atoms with Crippen molar-refractivity contribution in [3.05, 3.63) is 65.2 Å². The molecular weight excluding hydrogens is 322 g/mol. The maximum Gasteiger partial charge on any atom is 0.414 e. The Balaban J connectivity index is 1.81. The third-order valence-electron chi connectivity index (χ3n) is 4.21. The van der Waals surface area contributed by atoms with Crippen molar-refractivity contribution >= 4 is 17.7 Å². The maximum atomic E-state index is 12.5. The van der Waals surface area contributed by atoms with Crippen molar-refractivity contribution < 1.29 is 24.2 Å². The zero-order chi connectivity index (χ0) is 17.8. The van der Waals surface area contributed by atoms with E-state index in [0.29, 0.717) is 18.7 Å². The largest absolute Gasteiger partial charge is 0.478 e. The highest BCUT2D eigenvalue weighted by molar-refractivity contribution is 5.92. The molecule has 1 unspecified atom stereocenters. The molecule has 130 valence electrons. The van der Waals surface area contributed by atoms with E-state index in [-0.39, 0.29) is 18.3 Å². The Hall–Kier alpha value is -2.86. The number of anilines is 1. The number of rotatable bonds is 4. The number of aromatic carboxylic acids is 1. The third-order valence-corrected chi connectivity index (χ3v) is 4.21. The van der Waals surface area contributed by atoms with Gasteiger partial charge in [-0.25, -0.2) is 9.59 Å². The Morgan fingerprint density at radius 2 is 1.96 bits per heavy atom. The molecule has 2 aromatic carbocycles. The second-order valence-corrected chi connectivity index (χ2v) is 5.86. The molecular formula is C19H19NO5. The molecule has 6 heteroatoms. The van der Waals surface area contributed by atoms with E-state index in [2.05, 4.69) is 0 Å². The van der Waals surface area contributed by atoms with Crippen LogP contribution in [0.1, 0.15) is 21.5 Å². The normalized spacial score (nSPS) is 16.2. The molecule has 0 aliphatic carbocycles. The number of methoxy groups -OCH3 is 1. The van der Waals surface area contributed by atoms with E-state index in [9.17, 15) is 9.59 Å². The Bertz CT molecular complexity index is 775. The van der Waals surface area contributed by atoms with Gasteiger partial charge in [-0.1, -0.05) is 30.3 Å². The summed E-state index contributed by atoms with van der Waals surface area (Å²) < 4.78 is 10.8. The average molecular weight is 341 g/mol. The molecule has 0 bridgehead atoms. The molecule has 1 atom stereocenters. The molecule has 0 saturated heterocycles. The van der Waals surface area contributed by atoms with Crippen molar-refractivity contribution in [2.75, 3.05) is 18.6 Å². The van der Waals surface area contributed by atoms with Crippen LogP contribution < -0.4 is 4.90 Å². The molecule has 1 aliphatic heterocycles. The summed E-state index contributed by atoms with van der Waals surface area (Å²) >= 11 is 0. The minimum atomic E-state index is -0.999. The number of carbonyl (C=O) groups is 2. The monoisotopic (exact) mass is 341 g/mol. The van der Waals surface area contributed by atoms with Crippen LogP contribution in [-0.2, 0) is 22.5 Å². The van der Waals surface area contributed by atoms with Crippen LogP contribution in [0.2, 0.25) is 0 Å². The summed E-state index contributed by atoms with van der Waals surface area (Å²) in [6.45, 7) is 0.542. The smallest absolute Gasteiger partial charge is 0.414 e. The molecule has 0 saturated carbocycles. The van der Waals surface area contributed by atoms with Crippen LogP contribution in [-0.4, -0.2) is 36.9 Å². The summed E-state index contributed by atoms with van der Waals surface area (Å²) in [4.78, 5) is 25.2. The van der Waals surface area contributed by atoms with Gasteiger partial charge in [0.25, 0.3) is 0 Å². The standard InChI is InChI=1S/C19H19NO5/c1-24-16-10-15-9-14(18(21)22)7-8-17(15)20(11-16)19(23)25-12-13-5-3-2-4-6-13/h2-9,16H,10-12H2,1H3,(H,21,22). The summed E-state index contributed by atoms with van der Waals surface area (Å²) in [6.07, 6.45) is -0.133. The number of nitrogens with zero attached hydrogens (tertiary/aromatic N) is 1. The first-order chi connectivity index (χ1) is 12.1. The molecule has 1 heterocycles. The number of carboxylic acids is 1. The molecule has 25 heavy (non-hydrogen) atoms. The van der Waals surface area contributed by atoms with Crippen LogP contribution in [0.15, 0.2) is 48.5 Å². The molecule has 2 aromatic rings. The van der Waals surface area contributed by atoms with Gasteiger partial charge in [-0.2, -0.15) is 0 Å². The Labute approximate surface area is 145 Å². The van der Waals surface area contributed by atoms with E-state index >= 15 is 0 Å². The van der Waals surface area contributed by atoms with E-state index < -0.39 is 12.1 Å². The lowest BCUT2D eigenvalue weighted by Gasteiger charge is -2.33. The molecule has 1 aliphatic rings. The highest BCUT2D eigenvalue weighted by Gasteiger charge is 2.30. The summed E-state index contributed by atoms with van der Waals surface area (Å²) in [5.74, 6) is -0.999. The average Bonchev–Trinajstić information content (AvgIpc) is 2.65. The molecule has 3 rings (SSSR count). The van der Waals surface area contributed by atoms with Crippen LogP contribution >= 0.6 is 0 Å². The molecule has 0 spiro atoms. The third kappa shape index (κ3) is 3.80. The van der Waals surface area contributed by atoms with Crippen LogP contribution in [0.5, 0.6) is 0 Å². The van der Waals surface area contributed by atoms with E-state index in [1.165, 1.54) is 11.0 Å². The Kier molecular flexibility index (Phi) is 5.00. The van der Waals surface area contributed by atoms with E-state index in [0.717, 1.165) is 11.1 Å². The summed E-state index contributed by atoms with van der Waals surface area (Å²) in [5.41, 5.74) is 2.51. The van der Waals surface area contributed by atoms with Crippen molar-refractivity contribution in [2.24, 2.45) is 0 Å². The van der Waals surface area contributed by atoms with Gasteiger partial charge in [-0.3, -0.25) is 4.90 Å². The number of hydrogen-bond acceptors (Lipinski definition) is 4. The van der Waals surface area contributed by atoms with Crippen molar-refractivity contribution in [3.8, 4) is 0 Å². The number of fused-ring (bicyclic) bond motifs is 1. The first-order valence-corrected chi connectivity index (χ1v) is 7.95. The Morgan fingerprint density at radius 1 is 1.20 bits per heavy atom. The number of benzene rings is 2. The van der Waals surface area contributed by atoms with Gasteiger partial charge in [0, 0.05) is 13.5 Å². The van der Waals surface area contributed by atoms with Crippen molar-refractivity contribution in [1.82, 2.24) is 0 Å². The number of carboxylic acid groups (broad SMARTS) is 1. The van der Waals surface area contributed by atoms with Crippen LogP contribution in [0, 0.1) is 0 Å². The first-order valence-electron chi connectivity index (χ1n) is 7.95. The lowest BCUT2D eigenvalue weighted by Crippen LogP contribution is -2.43. The fourth-order valence-corrected chi connectivity index (χ4v) is 2.89. The quantitative estimate of drug-likeness (QED) is 0.925. The fraction of sp³-hybridized carbons (Fsp3) is 0.263. The number of amides is 1. The zero-order valence-corrected chi connectivity index (χ0v) is 13.8. The molecule has 1 amide bonds. The summed E-state index contributed by atoms with van der Waals surface area (Å²) in [5, 5.41) is 9.16. The Morgan fingerprint density at radius 3 is 2.64 bits per heavy atom. The van der Waals surface area contributed by atoms with Crippen LogP contribution in [0.4, 0.5) is 10.5 Å². The zero-order valence-electron chi connectivity index (χ0n) is 13.8. The van der Waals surface area contributed by atoms with Gasteiger partial charge in [0.2, 0.25) is 0 Å². The lowest BCUT2D eigenvalue weighted by atomic mass is 9.97. The van der Waals surface area contributed by atoms with Gasteiger partial charge < -0.3 is 14.6 Å². The van der Waals surface area contributed by atoms with Gasteiger partial charge in [0.1, 0.15) is 6.61 Å². The molecule has 6 nitrogen and oxygen atoms in total. The second-order valence-electron chi connectivity index (χ2n) is 5.86. The van der Waals surface area contributed by atoms with E-state index in [4.69, 9.17) is 14.6 Å². The van der Waals surface area contributed by atoms with Crippen LogP contribution in [0.25, 0.3) is 0 Å². The summed E-state index contributed by atoms with van der Waals surface area (Å²) in [7, 11) is 1.57. The number of ether oxygens (including phenoxy) is 2. The van der Waals surface area contributed by atoms with Crippen LogP contribution in [0.3, 0.4) is 0 Å². The predicted octanol–water partition coefficient (Wildman–Crippen LogP) is 3.10. The predicted molar refractivity (Wildman–Crippen MR) is 91.9 cm³/mol. The second kappa shape index (κ2) is 7.36. The van der Waals surface area contributed by atoms with Crippen molar-refractivity contribution in [3.63, 3.8) is 0 Å². The minimum absolute atomic E-state index is 0.177. The van der Waals surface area contributed by atoms with Crippen molar-refractivity contribution in [2.45, 2.75) is 19.1 Å².